The van der Waals surface area contributed by atoms with Gasteiger partial charge in [-0.25, -0.2) is 13.8 Å². The molecule has 0 bridgehead atoms. The number of aliphatic hydroxyl groups excluding tert-OH is 6. The van der Waals surface area contributed by atoms with E-state index in [1.165, 1.54) is 0 Å². The Morgan fingerprint density at radius 3 is 1.97 bits per heavy atom. The molecule has 0 saturated carbocycles. The molecule has 18 atom stereocenters. The first-order valence-electron chi connectivity index (χ1n) is 23.1. The van der Waals surface area contributed by atoms with Crippen molar-refractivity contribution in [3.8, 4) is 0 Å². The van der Waals surface area contributed by atoms with Crippen LogP contribution in [0.5, 0.6) is 0 Å². The van der Waals surface area contributed by atoms with Gasteiger partial charge in [0, 0.05) is 50.8 Å². The van der Waals surface area contributed by atoms with Gasteiger partial charge in [-0.15, -0.1) is 0 Å². The van der Waals surface area contributed by atoms with Crippen LogP contribution in [0.25, 0.3) is 0 Å². The largest absolute Gasteiger partial charge is 0.479 e. The summed E-state index contributed by atoms with van der Waals surface area (Å²) in [5.41, 5.74) is 0. The Hall–Kier alpha value is -3.64. The molecule has 5 fully saturated rings. The molecular formula is C40H66N6O23S2. The molecule has 0 unspecified atom stereocenters. The molecule has 406 valence electrons. The van der Waals surface area contributed by atoms with Crippen molar-refractivity contribution in [3.63, 3.8) is 0 Å². The Balaban J connectivity index is 1.13. The number of carboxylic acids is 1. The summed E-state index contributed by atoms with van der Waals surface area (Å²) < 4.78 is 72.6. The minimum atomic E-state index is -5.44. The fraction of sp³-hybridized carbons (Fsp3) is 0.850. The number of urea groups is 1. The fourth-order valence-electron chi connectivity index (χ4n) is 8.83. The van der Waals surface area contributed by atoms with Crippen molar-refractivity contribution < 1.29 is 110 Å². The molecule has 0 aromatic carbocycles. The number of ether oxygens (including phenoxy) is 6. The minimum Gasteiger partial charge on any atom is -0.479 e. The van der Waals surface area contributed by atoms with Gasteiger partial charge >= 0.3 is 22.4 Å². The Morgan fingerprint density at radius 2 is 1.34 bits per heavy atom. The number of amides is 6. The van der Waals surface area contributed by atoms with Gasteiger partial charge in [0.25, 0.3) is 0 Å². The molecule has 14 N–H and O–H groups in total. The predicted molar refractivity (Wildman–Crippen MR) is 238 cm³/mol. The van der Waals surface area contributed by atoms with Gasteiger partial charge in [-0.3, -0.25) is 23.7 Å². The highest BCUT2D eigenvalue weighted by molar-refractivity contribution is 8.00. The summed E-state index contributed by atoms with van der Waals surface area (Å²) in [7, 11) is -5.44. The number of hydrogen-bond acceptors (Lipinski definition) is 22. The Labute approximate surface area is 412 Å². The predicted octanol–water partition coefficient (Wildman–Crippen LogP) is -5.82. The van der Waals surface area contributed by atoms with Gasteiger partial charge in [-0.1, -0.05) is 12.8 Å². The summed E-state index contributed by atoms with van der Waals surface area (Å²) >= 11 is 1.82. The topological polar surface area (TPSA) is 435 Å². The lowest BCUT2D eigenvalue weighted by atomic mass is 9.94. The van der Waals surface area contributed by atoms with Gasteiger partial charge in [0.1, 0.15) is 67.0 Å². The number of carbonyl (C=O) groups is 6. The van der Waals surface area contributed by atoms with Crippen molar-refractivity contribution in [3.05, 3.63) is 0 Å². The molecule has 0 aromatic heterocycles. The lowest BCUT2D eigenvalue weighted by Crippen LogP contribution is -2.70. The highest BCUT2D eigenvalue weighted by Gasteiger charge is 2.57. The number of unbranched alkanes of at least 4 members (excludes halogenated alkanes) is 3. The van der Waals surface area contributed by atoms with Crippen LogP contribution in [0.4, 0.5) is 4.79 Å². The van der Waals surface area contributed by atoms with Crippen molar-refractivity contribution >= 4 is 57.8 Å². The maximum absolute atomic E-state index is 12.6. The van der Waals surface area contributed by atoms with Crippen molar-refractivity contribution in [1.29, 1.82) is 0 Å². The molecule has 0 spiro atoms. The van der Waals surface area contributed by atoms with E-state index in [0.29, 0.717) is 37.5 Å². The zero-order chi connectivity index (χ0) is 52.2. The van der Waals surface area contributed by atoms with E-state index in [1.54, 1.807) is 0 Å². The number of hydrogen-bond donors (Lipinski definition) is 14. The van der Waals surface area contributed by atoms with Gasteiger partial charge in [0.05, 0.1) is 31.9 Å². The highest BCUT2D eigenvalue weighted by atomic mass is 32.3. The molecule has 0 radical (unpaired) electrons. The summed E-state index contributed by atoms with van der Waals surface area (Å²) in [4.78, 5) is 73.6. The van der Waals surface area contributed by atoms with Crippen LogP contribution in [-0.2, 0) is 67.0 Å². The minimum absolute atomic E-state index is 0.0674. The summed E-state index contributed by atoms with van der Waals surface area (Å²) in [6.45, 7) is 0.0353. The zero-order valence-corrected chi connectivity index (χ0v) is 40.4. The van der Waals surface area contributed by atoms with Crippen LogP contribution in [0, 0.1) is 0 Å². The van der Waals surface area contributed by atoms with Crippen LogP contribution < -0.4 is 31.9 Å². The maximum atomic E-state index is 12.6. The van der Waals surface area contributed by atoms with E-state index in [1.807, 2.05) is 11.8 Å². The van der Waals surface area contributed by atoms with Crippen molar-refractivity contribution in [2.24, 2.45) is 0 Å². The second kappa shape index (κ2) is 27.1. The molecule has 5 aliphatic rings. The van der Waals surface area contributed by atoms with Gasteiger partial charge in [0.15, 0.2) is 25.0 Å². The quantitative estimate of drug-likeness (QED) is 0.0218. The molecular weight excluding hydrogens is 997 g/mol. The van der Waals surface area contributed by atoms with Gasteiger partial charge in [-0.2, -0.15) is 20.2 Å². The van der Waals surface area contributed by atoms with Crippen LogP contribution in [0.1, 0.15) is 65.2 Å². The summed E-state index contributed by atoms with van der Waals surface area (Å²) in [5.74, 6) is -3.03. The summed E-state index contributed by atoms with van der Waals surface area (Å²) in [6.07, 6.45) is -21.3. The first kappa shape index (κ1) is 58.3. The monoisotopic (exact) mass is 1060 g/mol. The van der Waals surface area contributed by atoms with Gasteiger partial charge in [-0.05, 0) is 25.7 Å². The van der Waals surface area contributed by atoms with Crippen LogP contribution >= 0.6 is 11.8 Å². The first-order valence-corrected chi connectivity index (χ1v) is 25.5. The van der Waals surface area contributed by atoms with E-state index in [9.17, 15) is 77.5 Å². The molecule has 31 heteroatoms. The number of fused-ring (bicyclic) bond motifs is 1. The van der Waals surface area contributed by atoms with Gasteiger partial charge in [0.2, 0.25) is 23.6 Å². The third kappa shape index (κ3) is 16.4. The van der Waals surface area contributed by atoms with E-state index in [4.69, 9.17) is 32.6 Å². The molecule has 29 nitrogen and oxygen atoms in total. The molecule has 5 saturated heterocycles. The molecule has 71 heavy (non-hydrogen) atoms. The normalized spacial score (nSPS) is 35.9. The lowest BCUT2D eigenvalue weighted by Gasteiger charge is -2.49. The second-order valence-corrected chi connectivity index (χ2v) is 19.9. The van der Waals surface area contributed by atoms with Crippen molar-refractivity contribution in [2.45, 2.75) is 175 Å². The molecule has 5 rings (SSSR count). The maximum Gasteiger partial charge on any atom is 0.397 e. The standard InChI is InChI=1S/C40H66N6O23S2/c1-17(49)43-26-29(54)28(53)20(14-47)64-38(26)67-34-30(55)31(56)39(68-35(34)36(57)58)66-33-27(44-18(2)50)37(65-21(15-48)32(33)69-71(60,61)62)63-13-12-42-24(52)9-4-3-7-11-41-23(51)10-6-5-8-22-25-19(16-70-22)45-40(59)46-25/h19-22,25-35,37-39,47-48,53-56H,3-16H2,1-2H3,(H,41,51)(H,42,52)(H,43,49)(H,44,50)(H,57,58)(H2,45,46,59)(H,60,61,62)/t19-,20+,21+,22-,25-,26+,27+,28-,29+,30+,31+,32-,33+,34-,35-,37+,38-,39+/m0/s1. The van der Waals surface area contributed by atoms with Crippen LogP contribution in [0.3, 0.4) is 0 Å². The molecule has 6 amide bonds. The van der Waals surface area contributed by atoms with Crippen LogP contribution in [-0.4, -0.2) is 232 Å². The highest BCUT2D eigenvalue weighted by Crippen LogP contribution is 2.35. The zero-order valence-electron chi connectivity index (χ0n) is 38.8. The van der Waals surface area contributed by atoms with Gasteiger partial charge < -0.3 is 96.1 Å². The lowest BCUT2D eigenvalue weighted by molar-refractivity contribution is -0.359. The van der Waals surface area contributed by atoms with E-state index >= 15 is 0 Å². The fourth-order valence-corrected chi connectivity index (χ4v) is 10.9. The molecule has 5 aliphatic heterocycles. The van der Waals surface area contributed by atoms with E-state index in [-0.39, 0.29) is 49.5 Å². The molecule has 0 aromatic rings. The third-order valence-electron chi connectivity index (χ3n) is 12.2. The number of carboxylic acid groups (broad SMARTS) is 1. The average Bonchev–Trinajstić information content (AvgIpc) is 3.86. The van der Waals surface area contributed by atoms with E-state index in [2.05, 4.69) is 31.9 Å². The number of thioether (sulfide) groups is 1. The average molecular weight is 1060 g/mol. The number of carbonyl (C=O) groups excluding carboxylic acids is 5. The smallest absolute Gasteiger partial charge is 0.397 e. The second-order valence-electron chi connectivity index (χ2n) is 17.6. The Bertz CT molecular complexity index is 1930. The Morgan fingerprint density at radius 1 is 0.718 bits per heavy atom. The summed E-state index contributed by atoms with van der Waals surface area (Å²) in [5, 5.41) is 90.2. The first-order chi connectivity index (χ1) is 33.6. The SMILES string of the molecule is CC(=O)N[C@H]1[C@H](O[C@H]2[C@H](O)[C@@H](O)[C@H](O[C@@H]3[C@@H](NC(C)=O)[C@H](OCCNC(=O)CCCCCNC(=O)CCCC[C@@H]4SC[C@@H]5NC(=O)N[C@@H]54)O[C@H](CO)[C@@H]3OS(=O)(=O)O)O[C@@H]2C(=O)O)O[C@H](CO)[C@H](O)[C@@H]1O. The molecule has 0 aliphatic carbocycles. The molecule has 5 heterocycles. The van der Waals surface area contributed by atoms with E-state index < -0.39 is 133 Å². The third-order valence-corrected chi connectivity index (χ3v) is 14.2. The van der Waals surface area contributed by atoms with Crippen LogP contribution in [0.2, 0.25) is 0 Å². The summed E-state index contributed by atoms with van der Waals surface area (Å²) in [6, 6.07) is -3.18. The van der Waals surface area contributed by atoms with E-state index in [0.717, 1.165) is 38.9 Å². The number of rotatable bonds is 26. The van der Waals surface area contributed by atoms with Crippen molar-refractivity contribution in [1.82, 2.24) is 31.9 Å². The number of nitrogens with one attached hydrogen (secondary N) is 6. The number of aliphatic carboxylic acids is 1. The number of aliphatic hydroxyl groups is 6. The van der Waals surface area contributed by atoms with Crippen LogP contribution in [0.15, 0.2) is 0 Å². The Kier molecular flexibility index (Phi) is 22.2. The van der Waals surface area contributed by atoms with Crippen molar-refractivity contribution in [2.75, 3.05) is 38.7 Å².